The Labute approximate surface area is 203 Å². The Bertz CT molecular complexity index is 1450. The number of nitrogens with zero attached hydrogens (tertiary/aromatic N) is 2. The number of amides is 1. The Morgan fingerprint density at radius 1 is 1.00 bits per heavy atom. The number of aromatic nitrogens is 2. The van der Waals surface area contributed by atoms with Gasteiger partial charge in [-0.1, -0.05) is 42.0 Å². The summed E-state index contributed by atoms with van der Waals surface area (Å²) >= 11 is 0. The SMILES string of the molecule is COc1cccc(NC(=O)Cn2nc(Nc3ccc(C)cc3)c(S(=O)(=O)c3ccccc3)c2N)c1. The highest BCUT2D eigenvalue weighted by Gasteiger charge is 2.30. The van der Waals surface area contributed by atoms with Crippen LogP contribution in [0.15, 0.2) is 88.7 Å². The van der Waals surface area contributed by atoms with Gasteiger partial charge in [0.25, 0.3) is 0 Å². The van der Waals surface area contributed by atoms with E-state index in [0.29, 0.717) is 17.1 Å². The van der Waals surface area contributed by atoms with Gasteiger partial charge in [-0.15, -0.1) is 0 Å². The largest absolute Gasteiger partial charge is 0.497 e. The van der Waals surface area contributed by atoms with Gasteiger partial charge >= 0.3 is 0 Å². The van der Waals surface area contributed by atoms with Crippen molar-refractivity contribution in [1.82, 2.24) is 9.78 Å². The Balaban J connectivity index is 1.70. The quantitative estimate of drug-likeness (QED) is 0.340. The number of carbonyl (C=O) groups excluding carboxylic acids is 1. The maximum Gasteiger partial charge on any atom is 0.246 e. The van der Waals surface area contributed by atoms with Crippen molar-refractivity contribution in [1.29, 1.82) is 0 Å². The van der Waals surface area contributed by atoms with Gasteiger partial charge in [0.2, 0.25) is 15.7 Å². The Morgan fingerprint density at radius 3 is 2.40 bits per heavy atom. The molecule has 0 unspecified atom stereocenters. The van der Waals surface area contributed by atoms with E-state index < -0.39 is 15.7 Å². The van der Waals surface area contributed by atoms with Crippen LogP contribution in [0.3, 0.4) is 0 Å². The number of rotatable bonds is 8. The van der Waals surface area contributed by atoms with E-state index in [0.717, 1.165) is 5.56 Å². The summed E-state index contributed by atoms with van der Waals surface area (Å²) in [6.45, 7) is 1.65. The minimum absolute atomic E-state index is 0.0318. The number of methoxy groups -OCH3 is 1. The monoisotopic (exact) mass is 491 g/mol. The molecular formula is C25H25N5O4S. The molecule has 4 N–H and O–H groups in total. The molecule has 0 aliphatic carbocycles. The second-order valence-electron chi connectivity index (χ2n) is 7.81. The standard InChI is InChI=1S/C25H25N5O4S/c1-17-11-13-18(14-12-17)28-25-23(35(32,33)21-9-4-3-5-10-21)24(26)30(29-25)16-22(31)27-19-7-6-8-20(15-19)34-2/h3-15H,16,26H2,1-2H3,(H,27,31)(H,28,29). The van der Waals surface area contributed by atoms with Crippen LogP contribution in [0.4, 0.5) is 23.0 Å². The molecule has 0 bridgehead atoms. The number of aryl methyl sites for hydroxylation is 1. The van der Waals surface area contributed by atoms with Crippen LogP contribution >= 0.6 is 0 Å². The molecule has 4 rings (SSSR count). The Hall–Kier alpha value is -4.31. The first-order chi connectivity index (χ1) is 16.8. The topological polar surface area (TPSA) is 128 Å². The number of benzene rings is 3. The molecule has 0 radical (unpaired) electrons. The molecular weight excluding hydrogens is 466 g/mol. The predicted molar refractivity (Wildman–Crippen MR) is 135 cm³/mol. The van der Waals surface area contributed by atoms with Crippen molar-refractivity contribution in [3.05, 3.63) is 84.4 Å². The van der Waals surface area contributed by atoms with E-state index in [1.54, 1.807) is 54.6 Å². The lowest BCUT2D eigenvalue weighted by Crippen LogP contribution is -2.21. The van der Waals surface area contributed by atoms with Crippen LogP contribution < -0.4 is 21.1 Å². The van der Waals surface area contributed by atoms with E-state index in [2.05, 4.69) is 15.7 Å². The van der Waals surface area contributed by atoms with E-state index in [1.807, 2.05) is 19.1 Å². The van der Waals surface area contributed by atoms with Crippen LogP contribution in [0.25, 0.3) is 0 Å². The zero-order valence-corrected chi connectivity index (χ0v) is 20.0. The van der Waals surface area contributed by atoms with Crippen molar-refractivity contribution in [2.24, 2.45) is 0 Å². The number of nitrogens with one attached hydrogen (secondary N) is 2. The maximum absolute atomic E-state index is 13.5. The fourth-order valence-electron chi connectivity index (χ4n) is 3.45. The molecule has 0 spiro atoms. The predicted octanol–water partition coefficient (Wildman–Crippen LogP) is 4.00. The smallest absolute Gasteiger partial charge is 0.246 e. The Morgan fingerprint density at radius 2 is 1.71 bits per heavy atom. The van der Waals surface area contributed by atoms with E-state index in [9.17, 15) is 13.2 Å². The third kappa shape index (κ3) is 5.28. The molecule has 1 aromatic heterocycles. The van der Waals surface area contributed by atoms with Gasteiger partial charge in [-0.25, -0.2) is 13.1 Å². The summed E-state index contributed by atoms with van der Waals surface area (Å²) in [6, 6.07) is 22.2. The lowest BCUT2D eigenvalue weighted by atomic mass is 10.2. The zero-order valence-electron chi connectivity index (χ0n) is 19.2. The van der Waals surface area contributed by atoms with Crippen molar-refractivity contribution >= 4 is 38.8 Å². The third-order valence-corrected chi connectivity index (χ3v) is 7.06. The third-order valence-electron chi connectivity index (χ3n) is 5.23. The van der Waals surface area contributed by atoms with Crippen LogP contribution in [0.1, 0.15) is 5.56 Å². The van der Waals surface area contributed by atoms with Crippen LogP contribution in [-0.2, 0) is 21.2 Å². The Kier molecular flexibility index (Phi) is 6.74. The van der Waals surface area contributed by atoms with Gasteiger partial charge in [0.1, 0.15) is 18.1 Å². The van der Waals surface area contributed by atoms with Gasteiger partial charge < -0.3 is 21.1 Å². The van der Waals surface area contributed by atoms with Crippen LogP contribution in [0.5, 0.6) is 5.75 Å². The van der Waals surface area contributed by atoms with Gasteiger partial charge in [0.15, 0.2) is 10.7 Å². The summed E-state index contributed by atoms with van der Waals surface area (Å²) in [5.74, 6) is 0.0360. The fraction of sp³-hybridized carbons (Fsp3) is 0.120. The molecule has 10 heteroatoms. The van der Waals surface area contributed by atoms with Crippen LogP contribution in [0.2, 0.25) is 0 Å². The van der Waals surface area contributed by atoms with Crippen LogP contribution in [-0.4, -0.2) is 31.2 Å². The summed E-state index contributed by atoms with van der Waals surface area (Å²) in [7, 11) is -2.50. The number of hydrogen-bond acceptors (Lipinski definition) is 7. The minimum atomic E-state index is -4.03. The van der Waals surface area contributed by atoms with Crippen molar-refractivity contribution in [3.8, 4) is 5.75 Å². The highest BCUT2D eigenvalue weighted by Crippen LogP contribution is 2.34. The van der Waals surface area contributed by atoms with Crippen molar-refractivity contribution in [3.63, 3.8) is 0 Å². The number of nitrogen functional groups attached to an aromatic ring is 1. The number of carbonyl (C=O) groups is 1. The molecule has 3 aromatic carbocycles. The lowest BCUT2D eigenvalue weighted by molar-refractivity contribution is -0.116. The number of anilines is 4. The maximum atomic E-state index is 13.5. The molecule has 1 heterocycles. The highest BCUT2D eigenvalue weighted by atomic mass is 32.2. The fourth-order valence-corrected chi connectivity index (χ4v) is 4.93. The molecule has 4 aromatic rings. The molecule has 0 saturated carbocycles. The average Bonchev–Trinajstić information content (AvgIpc) is 3.16. The van der Waals surface area contributed by atoms with Crippen LogP contribution in [0, 0.1) is 6.92 Å². The van der Waals surface area contributed by atoms with E-state index in [4.69, 9.17) is 10.5 Å². The number of hydrogen-bond donors (Lipinski definition) is 3. The summed E-state index contributed by atoms with van der Waals surface area (Å²) < 4.78 is 33.3. The van der Waals surface area contributed by atoms with Gasteiger partial charge in [-0.3, -0.25) is 4.79 Å². The van der Waals surface area contributed by atoms with Crippen molar-refractivity contribution in [2.45, 2.75) is 23.3 Å². The number of ether oxygens (including phenoxy) is 1. The van der Waals surface area contributed by atoms with Crippen molar-refractivity contribution < 1.29 is 17.9 Å². The normalized spacial score (nSPS) is 11.1. The molecule has 0 fully saturated rings. The highest BCUT2D eigenvalue weighted by molar-refractivity contribution is 7.91. The number of nitrogens with two attached hydrogens (primary N) is 1. The summed E-state index contributed by atoms with van der Waals surface area (Å²) in [4.78, 5) is 12.6. The van der Waals surface area contributed by atoms with E-state index >= 15 is 0 Å². The molecule has 180 valence electrons. The first-order valence-electron chi connectivity index (χ1n) is 10.7. The second-order valence-corrected chi connectivity index (χ2v) is 9.69. The number of sulfone groups is 1. The molecule has 1 amide bonds. The summed E-state index contributed by atoms with van der Waals surface area (Å²) in [5.41, 5.74) is 8.48. The summed E-state index contributed by atoms with van der Waals surface area (Å²) in [6.07, 6.45) is 0. The molecule has 35 heavy (non-hydrogen) atoms. The van der Waals surface area contributed by atoms with Gasteiger partial charge in [-0.05, 0) is 43.3 Å². The average molecular weight is 492 g/mol. The molecule has 0 aliphatic heterocycles. The van der Waals surface area contributed by atoms with E-state index in [1.165, 1.54) is 23.9 Å². The first kappa shape index (κ1) is 23.8. The molecule has 9 nitrogen and oxygen atoms in total. The summed E-state index contributed by atoms with van der Waals surface area (Å²) in [5, 5.41) is 10.1. The van der Waals surface area contributed by atoms with Gasteiger partial charge in [0, 0.05) is 17.4 Å². The van der Waals surface area contributed by atoms with Gasteiger partial charge in [0.05, 0.1) is 12.0 Å². The molecule has 0 atom stereocenters. The first-order valence-corrected chi connectivity index (χ1v) is 12.2. The van der Waals surface area contributed by atoms with Gasteiger partial charge in [-0.2, -0.15) is 5.10 Å². The van der Waals surface area contributed by atoms with Crippen molar-refractivity contribution in [2.75, 3.05) is 23.5 Å². The van der Waals surface area contributed by atoms with E-state index in [-0.39, 0.29) is 28.0 Å². The molecule has 0 saturated heterocycles. The zero-order chi connectivity index (χ0) is 25.0. The minimum Gasteiger partial charge on any atom is -0.497 e. The lowest BCUT2D eigenvalue weighted by Gasteiger charge is -2.09. The second kappa shape index (κ2) is 9.90. The molecule has 0 aliphatic rings.